The van der Waals surface area contributed by atoms with Gasteiger partial charge in [0.1, 0.15) is 5.82 Å². The second kappa shape index (κ2) is 6.88. The molecule has 0 aliphatic carbocycles. The number of halogens is 1. The molecule has 1 amide bonds. The topological polar surface area (TPSA) is 60.9 Å². The molecule has 0 unspecified atom stereocenters. The average molecular weight is 341 g/mol. The van der Waals surface area contributed by atoms with E-state index in [2.05, 4.69) is 4.98 Å². The van der Waals surface area contributed by atoms with Crippen LogP contribution in [0.25, 0.3) is 16.9 Å². The van der Waals surface area contributed by atoms with Crippen molar-refractivity contribution in [2.45, 2.75) is 12.1 Å². The van der Waals surface area contributed by atoms with E-state index in [9.17, 15) is 9.18 Å². The maximum atomic E-state index is 13.3. The SMILES string of the molecule is Cc1ccc(-c2cnc(SCC(N)=O)n2-c2ccc(F)cc2)cc1. The quantitative estimate of drug-likeness (QED) is 0.722. The number of nitrogens with zero attached hydrogens (tertiary/aromatic N) is 2. The number of rotatable bonds is 5. The number of aryl methyl sites for hydroxylation is 1. The van der Waals surface area contributed by atoms with Gasteiger partial charge in [-0.05, 0) is 31.2 Å². The Morgan fingerprint density at radius 1 is 1.17 bits per heavy atom. The molecular weight excluding hydrogens is 325 g/mol. The number of primary amides is 1. The van der Waals surface area contributed by atoms with Crippen molar-refractivity contribution in [3.63, 3.8) is 0 Å². The number of imidazole rings is 1. The second-order valence-corrected chi connectivity index (χ2v) is 6.30. The van der Waals surface area contributed by atoms with E-state index in [-0.39, 0.29) is 11.6 Å². The first-order valence-electron chi connectivity index (χ1n) is 7.36. The molecule has 0 saturated carbocycles. The maximum absolute atomic E-state index is 13.3. The fourth-order valence-electron chi connectivity index (χ4n) is 2.34. The number of hydrogen-bond donors (Lipinski definition) is 1. The predicted octanol–water partition coefficient (Wildman–Crippen LogP) is 3.56. The van der Waals surface area contributed by atoms with Gasteiger partial charge in [0.25, 0.3) is 0 Å². The second-order valence-electron chi connectivity index (χ2n) is 5.36. The summed E-state index contributed by atoms with van der Waals surface area (Å²) in [6.07, 6.45) is 1.75. The summed E-state index contributed by atoms with van der Waals surface area (Å²) in [7, 11) is 0. The first-order chi connectivity index (χ1) is 11.5. The molecular formula is C18H16FN3OS. The molecule has 3 aromatic rings. The molecule has 0 aliphatic rings. The highest BCUT2D eigenvalue weighted by molar-refractivity contribution is 7.99. The summed E-state index contributed by atoms with van der Waals surface area (Å²) in [5.41, 5.74) is 9.03. The third-order valence-electron chi connectivity index (χ3n) is 3.51. The molecule has 0 atom stereocenters. The minimum absolute atomic E-state index is 0.131. The fraction of sp³-hybridized carbons (Fsp3) is 0.111. The van der Waals surface area contributed by atoms with Gasteiger partial charge in [0.05, 0.1) is 17.6 Å². The van der Waals surface area contributed by atoms with Gasteiger partial charge in [0, 0.05) is 11.3 Å². The number of thioether (sulfide) groups is 1. The van der Waals surface area contributed by atoms with Crippen molar-refractivity contribution in [2.75, 3.05) is 5.75 Å². The zero-order valence-corrected chi connectivity index (χ0v) is 13.9. The average Bonchev–Trinajstić information content (AvgIpc) is 2.98. The third kappa shape index (κ3) is 3.49. The number of aromatic nitrogens is 2. The highest BCUT2D eigenvalue weighted by Crippen LogP contribution is 2.30. The molecule has 24 heavy (non-hydrogen) atoms. The largest absolute Gasteiger partial charge is 0.369 e. The zero-order valence-electron chi connectivity index (χ0n) is 13.1. The van der Waals surface area contributed by atoms with E-state index in [0.717, 1.165) is 22.5 Å². The van der Waals surface area contributed by atoms with Crippen molar-refractivity contribution in [3.05, 3.63) is 66.1 Å². The summed E-state index contributed by atoms with van der Waals surface area (Å²) in [6.45, 7) is 2.02. The molecule has 1 heterocycles. The summed E-state index contributed by atoms with van der Waals surface area (Å²) in [5, 5.41) is 0.635. The first-order valence-corrected chi connectivity index (χ1v) is 8.35. The van der Waals surface area contributed by atoms with Crippen LogP contribution in [0.4, 0.5) is 4.39 Å². The van der Waals surface area contributed by atoms with E-state index >= 15 is 0 Å². The monoisotopic (exact) mass is 341 g/mol. The number of hydrogen-bond acceptors (Lipinski definition) is 3. The fourth-order valence-corrected chi connectivity index (χ4v) is 3.07. The van der Waals surface area contributed by atoms with Gasteiger partial charge < -0.3 is 5.73 Å². The van der Waals surface area contributed by atoms with Crippen LogP contribution in [0.1, 0.15) is 5.56 Å². The zero-order chi connectivity index (χ0) is 17.1. The Balaban J connectivity index is 2.09. The van der Waals surface area contributed by atoms with E-state index in [1.54, 1.807) is 18.3 Å². The van der Waals surface area contributed by atoms with Crippen LogP contribution in [0.3, 0.4) is 0 Å². The van der Waals surface area contributed by atoms with Crippen molar-refractivity contribution in [3.8, 4) is 16.9 Å². The normalized spacial score (nSPS) is 10.8. The lowest BCUT2D eigenvalue weighted by Crippen LogP contribution is -2.13. The van der Waals surface area contributed by atoms with Gasteiger partial charge in [-0.2, -0.15) is 0 Å². The number of carbonyl (C=O) groups excluding carboxylic acids is 1. The summed E-state index contributed by atoms with van der Waals surface area (Å²) in [4.78, 5) is 15.5. The van der Waals surface area contributed by atoms with Crippen LogP contribution < -0.4 is 5.73 Å². The number of benzene rings is 2. The summed E-state index contributed by atoms with van der Waals surface area (Å²) in [6, 6.07) is 14.2. The molecule has 0 saturated heterocycles. The molecule has 0 aliphatic heterocycles. The molecule has 0 radical (unpaired) electrons. The Labute approximate surface area is 143 Å². The van der Waals surface area contributed by atoms with Crippen molar-refractivity contribution < 1.29 is 9.18 Å². The minimum Gasteiger partial charge on any atom is -0.369 e. The van der Waals surface area contributed by atoms with Gasteiger partial charge in [0.2, 0.25) is 5.91 Å². The standard InChI is InChI=1S/C18H16FN3OS/c1-12-2-4-13(5-3-12)16-10-21-18(24-11-17(20)23)22(16)15-8-6-14(19)7-9-15/h2-10H,11H2,1H3,(H2,20,23). The van der Waals surface area contributed by atoms with Gasteiger partial charge in [-0.1, -0.05) is 41.6 Å². The first kappa shape index (κ1) is 16.3. The van der Waals surface area contributed by atoms with Crippen LogP contribution in [0, 0.1) is 12.7 Å². The Kier molecular flexibility index (Phi) is 4.66. The molecule has 3 rings (SSSR count). The van der Waals surface area contributed by atoms with E-state index in [4.69, 9.17) is 5.73 Å². The number of nitrogens with two attached hydrogens (primary N) is 1. The van der Waals surface area contributed by atoms with Crippen molar-refractivity contribution >= 4 is 17.7 Å². The van der Waals surface area contributed by atoms with Crippen molar-refractivity contribution in [2.24, 2.45) is 5.73 Å². The van der Waals surface area contributed by atoms with Crippen LogP contribution in [0.15, 0.2) is 59.9 Å². The highest BCUT2D eigenvalue weighted by Gasteiger charge is 2.15. The van der Waals surface area contributed by atoms with E-state index < -0.39 is 5.91 Å². The molecule has 0 spiro atoms. The van der Waals surface area contributed by atoms with Gasteiger partial charge in [0.15, 0.2) is 5.16 Å². The lowest BCUT2D eigenvalue weighted by Gasteiger charge is -2.12. The van der Waals surface area contributed by atoms with Gasteiger partial charge in [-0.15, -0.1) is 0 Å². The van der Waals surface area contributed by atoms with Crippen LogP contribution in [-0.2, 0) is 4.79 Å². The molecule has 0 bridgehead atoms. The Morgan fingerprint density at radius 2 is 1.83 bits per heavy atom. The molecule has 6 heteroatoms. The van der Waals surface area contributed by atoms with Crippen LogP contribution in [0.2, 0.25) is 0 Å². The Bertz CT molecular complexity index is 857. The van der Waals surface area contributed by atoms with Crippen LogP contribution in [0.5, 0.6) is 0 Å². The molecule has 122 valence electrons. The lowest BCUT2D eigenvalue weighted by molar-refractivity contribution is -0.115. The molecule has 4 nitrogen and oxygen atoms in total. The Hall–Kier alpha value is -2.60. The summed E-state index contributed by atoms with van der Waals surface area (Å²) >= 11 is 1.26. The minimum atomic E-state index is -0.412. The van der Waals surface area contributed by atoms with Crippen molar-refractivity contribution in [1.82, 2.24) is 9.55 Å². The van der Waals surface area contributed by atoms with E-state index in [1.165, 1.54) is 23.9 Å². The van der Waals surface area contributed by atoms with Gasteiger partial charge in [-0.3, -0.25) is 9.36 Å². The molecule has 1 aromatic heterocycles. The summed E-state index contributed by atoms with van der Waals surface area (Å²) < 4.78 is 15.2. The van der Waals surface area contributed by atoms with E-state index in [1.807, 2.05) is 35.8 Å². The smallest absolute Gasteiger partial charge is 0.227 e. The molecule has 2 N–H and O–H groups in total. The van der Waals surface area contributed by atoms with Crippen LogP contribution in [-0.4, -0.2) is 21.2 Å². The van der Waals surface area contributed by atoms with Crippen molar-refractivity contribution in [1.29, 1.82) is 0 Å². The van der Waals surface area contributed by atoms with Gasteiger partial charge >= 0.3 is 0 Å². The van der Waals surface area contributed by atoms with E-state index in [0.29, 0.717) is 5.16 Å². The predicted molar refractivity (Wildman–Crippen MR) is 93.6 cm³/mol. The molecule has 2 aromatic carbocycles. The third-order valence-corrected chi connectivity index (χ3v) is 4.48. The van der Waals surface area contributed by atoms with Gasteiger partial charge in [-0.25, -0.2) is 9.37 Å². The highest BCUT2D eigenvalue weighted by atomic mass is 32.2. The molecule has 0 fully saturated rings. The maximum Gasteiger partial charge on any atom is 0.227 e. The lowest BCUT2D eigenvalue weighted by atomic mass is 10.1. The number of carbonyl (C=O) groups is 1. The Morgan fingerprint density at radius 3 is 2.46 bits per heavy atom. The van der Waals surface area contributed by atoms with Crippen LogP contribution >= 0.6 is 11.8 Å². The summed E-state index contributed by atoms with van der Waals surface area (Å²) in [5.74, 6) is -0.585. The number of amides is 1.